The van der Waals surface area contributed by atoms with E-state index in [1.807, 2.05) is 5.51 Å². The topological polar surface area (TPSA) is 24.9 Å². The van der Waals surface area contributed by atoms with Gasteiger partial charge in [-0.25, -0.2) is 4.98 Å². The van der Waals surface area contributed by atoms with E-state index in [2.05, 4.69) is 57.4 Å². The van der Waals surface area contributed by atoms with Crippen molar-refractivity contribution >= 4 is 27.3 Å². The lowest BCUT2D eigenvalue weighted by molar-refractivity contribution is 0.549. The van der Waals surface area contributed by atoms with Crippen LogP contribution in [0.2, 0.25) is 0 Å². The molecular formula is C17H21BrN2S. The predicted molar refractivity (Wildman–Crippen MR) is 93.1 cm³/mol. The van der Waals surface area contributed by atoms with E-state index >= 15 is 0 Å². The minimum atomic E-state index is 0.574. The Hall–Kier alpha value is -0.710. The van der Waals surface area contributed by atoms with Crippen LogP contribution in [-0.4, -0.2) is 17.6 Å². The first-order valence-corrected chi connectivity index (χ1v) is 9.27. The zero-order valence-electron chi connectivity index (χ0n) is 12.3. The second-order valence-corrected chi connectivity index (χ2v) is 7.69. The number of thiazole rings is 1. The fourth-order valence-corrected chi connectivity index (χ4v) is 3.83. The van der Waals surface area contributed by atoms with Crippen molar-refractivity contribution < 1.29 is 0 Å². The van der Waals surface area contributed by atoms with Crippen molar-refractivity contribution in [2.45, 2.75) is 44.6 Å². The molecule has 0 bridgehead atoms. The van der Waals surface area contributed by atoms with Crippen LogP contribution in [0.1, 0.15) is 41.3 Å². The third-order valence-corrected chi connectivity index (χ3v) is 5.60. The Morgan fingerprint density at radius 2 is 2.29 bits per heavy atom. The molecule has 1 saturated carbocycles. The van der Waals surface area contributed by atoms with Gasteiger partial charge in [0.1, 0.15) is 0 Å². The molecule has 21 heavy (non-hydrogen) atoms. The predicted octanol–water partition coefficient (Wildman–Crippen LogP) is 4.68. The Morgan fingerprint density at radius 3 is 2.95 bits per heavy atom. The molecule has 0 saturated heterocycles. The summed E-state index contributed by atoms with van der Waals surface area (Å²) in [5.74, 6) is 0.574. The molecule has 0 spiro atoms. The molecule has 112 valence electrons. The maximum absolute atomic E-state index is 4.36. The van der Waals surface area contributed by atoms with E-state index in [1.165, 1.54) is 39.9 Å². The number of aromatic nitrogens is 1. The van der Waals surface area contributed by atoms with Gasteiger partial charge in [0.25, 0.3) is 0 Å². The molecule has 3 rings (SSSR count). The van der Waals surface area contributed by atoms with E-state index in [0.717, 1.165) is 19.0 Å². The van der Waals surface area contributed by atoms with Gasteiger partial charge in [-0.2, -0.15) is 0 Å². The van der Waals surface area contributed by atoms with Crippen LogP contribution in [0.5, 0.6) is 0 Å². The molecule has 2 aromatic rings. The molecule has 0 aliphatic heterocycles. The molecule has 1 atom stereocenters. The highest BCUT2D eigenvalue weighted by atomic mass is 79.9. The lowest BCUT2D eigenvalue weighted by atomic mass is 9.93. The molecule has 1 aliphatic rings. The fourth-order valence-electron chi connectivity index (χ4n) is 2.61. The maximum Gasteiger partial charge on any atom is 0.0797 e. The number of hydrogen-bond acceptors (Lipinski definition) is 3. The highest BCUT2D eigenvalue weighted by Gasteiger charge is 2.22. The molecule has 0 amide bonds. The molecule has 1 aromatic carbocycles. The fraction of sp³-hybridized carbons (Fsp3) is 0.471. The number of rotatable bonds is 7. The zero-order chi connectivity index (χ0) is 14.7. The number of halogens is 1. The van der Waals surface area contributed by atoms with Gasteiger partial charge < -0.3 is 5.32 Å². The average molecular weight is 365 g/mol. The lowest BCUT2D eigenvalue weighted by Crippen LogP contribution is -2.24. The first-order valence-electron chi connectivity index (χ1n) is 7.60. The van der Waals surface area contributed by atoms with Crippen LogP contribution in [0.25, 0.3) is 0 Å². The number of nitrogens with one attached hydrogen (secondary N) is 1. The van der Waals surface area contributed by atoms with Crippen LogP contribution in [0.3, 0.4) is 0 Å². The maximum atomic E-state index is 4.36. The summed E-state index contributed by atoms with van der Waals surface area (Å²) in [7, 11) is 0. The van der Waals surface area contributed by atoms with E-state index in [4.69, 9.17) is 0 Å². The summed E-state index contributed by atoms with van der Waals surface area (Å²) in [4.78, 5) is 5.79. The first-order chi connectivity index (χ1) is 10.2. The summed E-state index contributed by atoms with van der Waals surface area (Å²) in [6.07, 6.45) is 5.00. The largest absolute Gasteiger partial charge is 0.313 e. The summed E-state index contributed by atoms with van der Waals surface area (Å²) in [5, 5.41) is 3.69. The van der Waals surface area contributed by atoms with Gasteiger partial charge >= 0.3 is 0 Å². The summed E-state index contributed by atoms with van der Waals surface area (Å²) >= 11 is 5.38. The zero-order valence-corrected chi connectivity index (χ0v) is 14.7. The lowest BCUT2D eigenvalue weighted by Gasteiger charge is -2.18. The van der Waals surface area contributed by atoms with E-state index in [1.54, 1.807) is 11.3 Å². The molecule has 1 aliphatic carbocycles. The normalized spacial score (nSPS) is 16.1. The summed E-state index contributed by atoms with van der Waals surface area (Å²) in [5.41, 5.74) is 4.59. The van der Waals surface area contributed by atoms with Crippen LogP contribution in [0, 0.1) is 6.92 Å². The third kappa shape index (κ3) is 4.38. The van der Waals surface area contributed by atoms with Gasteiger partial charge in [0.15, 0.2) is 0 Å². The Morgan fingerprint density at radius 1 is 1.43 bits per heavy atom. The summed E-state index contributed by atoms with van der Waals surface area (Å²) < 4.78 is 1.17. The quantitative estimate of drug-likeness (QED) is 0.771. The molecule has 1 heterocycles. The van der Waals surface area contributed by atoms with Crippen molar-refractivity contribution in [3.05, 3.63) is 50.4 Å². The van der Waals surface area contributed by atoms with Crippen LogP contribution in [0.15, 0.2) is 34.2 Å². The highest BCUT2D eigenvalue weighted by Crippen LogP contribution is 2.27. The molecule has 1 N–H and O–H groups in total. The molecular weight excluding hydrogens is 344 g/mol. The van der Waals surface area contributed by atoms with E-state index in [-0.39, 0.29) is 0 Å². The molecule has 0 radical (unpaired) electrons. The van der Waals surface area contributed by atoms with Gasteiger partial charge in [-0.05, 0) is 56.2 Å². The van der Waals surface area contributed by atoms with Gasteiger partial charge in [-0.1, -0.05) is 28.1 Å². The van der Waals surface area contributed by atoms with E-state index < -0.39 is 0 Å². The van der Waals surface area contributed by atoms with Gasteiger partial charge in [0.05, 0.1) is 11.2 Å². The Kier molecular flexibility index (Phi) is 5.09. The molecule has 1 unspecified atom stereocenters. The monoisotopic (exact) mass is 364 g/mol. The van der Waals surface area contributed by atoms with Gasteiger partial charge in [0.2, 0.25) is 0 Å². The molecule has 1 fully saturated rings. The third-order valence-electron chi connectivity index (χ3n) is 4.12. The second-order valence-electron chi connectivity index (χ2n) is 5.83. The van der Waals surface area contributed by atoms with Crippen molar-refractivity contribution in [2.75, 3.05) is 6.54 Å². The van der Waals surface area contributed by atoms with Crippen LogP contribution < -0.4 is 5.32 Å². The van der Waals surface area contributed by atoms with E-state index in [9.17, 15) is 0 Å². The Bertz CT molecular complexity index is 592. The van der Waals surface area contributed by atoms with Crippen molar-refractivity contribution in [3.8, 4) is 0 Å². The summed E-state index contributed by atoms with van der Waals surface area (Å²) in [6, 6.07) is 9.52. The van der Waals surface area contributed by atoms with Crippen LogP contribution >= 0.6 is 27.3 Å². The first kappa shape index (κ1) is 15.2. The molecule has 2 nitrogen and oxygen atoms in total. The number of aryl methyl sites for hydroxylation is 2. The second kappa shape index (κ2) is 7.03. The van der Waals surface area contributed by atoms with Crippen molar-refractivity contribution in [3.63, 3.8) is 0 Å². The van der Waals surface area contributed by atoms with Crippen molar-refractivity contribution in [1.29, 1.82) is 0 Å². The Balaban J connectivity index is 1.67. The SMILES string of the molecule is Cc1ncsc1CCC(CNC1CC1)c1cccc(Br)c1. The average Bonchev–Trinajstić information content (AvgIpc) is 3.21. The van der Waals surface area contributed by atoms with E-state index in [0.29, 0.717) is 5.92 Å². The van der Waals surface area contributed by atoms with Crippen molar-refractivity contribution in [1.82, 2.24) is 10.3 Å². The van der Waals surface area contributed by atoms with Crippen molar-refractivity contribution in [2.24, 2.45) is 0 Å². The highest BCUT2D eigenvalue weighted by molar-refractivity contribution is 9.10. The number of hydrogen-bond donors (Lipinski definition) is 1. The van der Waals surface area contributed by atoms with Crippen LogP contribution in [-0.2, 0) is 6.42 Å². The van der Waals surface area contributed by atoms with Gasteiger partial charge in [0, 0.05) is 21.9 Å². The van der Waals surface area contributed by atoms with Crippen LogP contribution in [0.4, 0.5) is 0 Å². The Labute approximate surface area is 139 Å². The minimum Gasteiger partial charge on any atom is -0.313 e. The number of nitrogens with zero attached hydrogens (tertiary/aromatic N) is 1. The summed E-state index contributed by atoms with van der Waals surface area (Å²) in [6.45, 7) is 3.20. The molecule has 4 heteroatoms. The minimum absolute atomic E-state index is 0.574. The number of benzene rings is 1. The van der Waals surface area contributed by atoms with Gasteiger partial charge in [-0.15, -0.1) is 11.3 Å². The molecule has 1 aromatic heterocycles. The standard InChI is InChI=1S/C17H21BrN2S/c1-12-17(21-11-20-12)8-5-14(10-19-16-6-7-16)13-3-2-4-15(18)9-13/h2-4,9,11,14,16,19H,5-8,10H2,1H3. The smallest absolute Gasteiger partial charge is 0.0797 e. The van der Waals surface area contributed by atoms with Gasteiger partial charge in [-0.3, -0.25) is 0 Å².